The van der Waals surface area contributed by atoms with E-state index in [0.29, 0.717) is 6.07 Å². The van der Waals surface area contributed by atoms with E-state index in [4.69, 9.17) is 4.78 Å². The van der Waals surface area contributed by atoms with Crippen LogP contribution in [-0.4, -0.2) is 35.0 Å². The highest BCUT2D eigenvalue weighted by atomic mass is 32.2. The highest BCUT2D eigenvalue weighted by Gasteiger charge is 2.36. The molecule has 4 rings (SSSR count). The van der Waals surface area contributed by atoms with E-state index in [9.17, 15) is 31.4 Å². The first-order valence-electron chi connectivity index (χ1n) is 11.3. The van der Waals surface area contributed by atoms with Crippen LogP contribution in [0.4, 0.5) is 42.5 Å². The van der Waals surface area contributed by atoms with E-state index in [1.807, 2.05) is 5.32 Å². The molecule has 206 valence electrons. The topological polar surface area (TPSA) is 102 Å². The minimum atomic E-state index is -4.78. The lowest BCUT2D eigenvalue weighted by Crippen LogP contribution is -2.43. The number of carbonyl (C=O) groups is 2. The SMILES string of the molecule is CS(=N)(=O)c1ccccc1-c1ccc(N2CCC(NC(=O)Nc3ccc(C(F)(F)F)cc3F)C2=O)c(F)c1F. The minimum absolute atomic E-state index is 0.00746. The van der Waals surface area contributed by atoms with Crippen molar-refractivity contribution in [1.82, 2.24) is 5.32 Å². The Morgan fingerprint density at radius 3 is 2.36 bits per heavy atom. The number of carbonyl (C=O) groups excluding carboxylic acids is 2. The number of urea groups is 1. The maximum Gasteiger partial charge on any atom is 0.416 e. The predicted octanol–water partition coefficient (Wildman–Crippen LogP) is 5.75. The summed E-state index contributed by atoms with van der Waals surface area (Å²) in [4.78, 5) is 26.0. The first-order chi connectivity index (χ1) is 18.2. The number of benzene rings is 3. The first kappa shape index (κ1) is 28.0. The average molecular weight is 571 g/mol. The fourth-order valence-electron chi connectivity index (χ4n) is 4.15. The number of hydrogen-bond donors (Lipinski definition) is 3. The van der Waals surface area contributed by atoms with Crippen molar-refractivity contribution < 1.29 is 40.1 Å². The highest BCUT2D eigenvalue weighted by molar-refractivity contribution is 7.91. The van der Waals surface area contributed by atoms with Crippen LogP contribution in [0.15, 0.2) is 59.5 Å². The van der Waals surface area contributed by atoms with Crippen molar-refractivity contribution in [3.8, 4) is 11.1 Å². The second-order valence-electron chi connectivity index (χ2n) is 8.72. The summed E-state index contributed by atoms with van der Waals surface area (Å²) in [6.45, 7) is -0.111. The lowest BCUT2D eigenvalue weighted by molar-refractivity contribution is -0.137. The van der Waals surface area contributed by atoms with Gasteiger partial charge in [0.15, 0.2) is 11.6 Å². The van der Waals surface area contributed by atoms with E-state index in [1.165, 1.54) is 30.3 Å². The Hall–Kier alpha value is -4.07. The van der Waals surface area contributed by atoms with Crippen LogP contribution in [0.2, 0.25) is 0 Å². The van der Waals surface area contributed by atoms with Crippen molar-refractivity contribution >= 4 is 33.0 Å². The smallest absolute Gasteiger partial charge is 0.326 e. The Bertz CT molecular complexity index is 1580. The molecule has 3 aromatic rings. The van der Waals surface area contributed by atoms with Crippen molar-refractivity contribution in [3.05, 3.63) is 77.6 Å². The molecule has 1 fully saturated rings. The van der Waals surface area contributed by atoms with Crippen molar-refractivity contribution in [2.24, 2.45) is 0 Å². The van der Waals surface area contributed by atoms with Gasteiger partial charge in [0.1, 0.15) is 11.9 Å². The van der Waals surface area contributed by atoms with E-state index in [1.54, 1.807) is 0 Å². The standard InChI is InChI=1S/C25H20F6N4O3S/c1-39(32,38)20-5-3-2-4-14(20)15-7-9-19(22(28)21(15)27)35-11-10-18(23(35)36)34-24(37)33-17-8-6-13(12-16(17)26)25(29,30)31/h2-9,12,18,32H,10-11H2,1H3,(H2,33,34,37). The molecule has 2 atom stereocenters. The highest BCUT2D eigenvalue weighted by Crippen LogP contribution is 2.35. The number of amides is 3. The molecule has 3 amide bonds. The summed E-state index contributed by atoms with van der Waals surface area (Å²) >= 11 is 0. The lowest BCUT2D eigenvalue weighted by atomic mass is 10.0. The van der Waals surface area contributed by atoms with Gasteiger partial charge in [-0.15, -0.1) is 0 Å². The van der Waals surface area contributed by atoms with Gasteiger partial charge in [-0.2, -0.15) is 13.2 Å². The molecule has 39 heavy (non-hydrogen) atoms. The molecule has 1 aliphatic heterocycles. The molecule has 0 radical (unpaired) electrons. The predicted molar refractivity (Wildman–Crippen MR) is 131 cm³/mol. The normalized spacial score (nSPS) is 17.2. The molecule has 3 aromatic carbocycles. The number of nitrogens with zero attached hydrogens (tertiary/aromatic N) is 1. The zero-order valence-electron chi connectivity index (χ0n) is 20.0. The maximum atomic E-state index is 15.1. The van der Waals surface area contributed by atoms with E-state index in [-0.39, 0.29) is 35.1 Å². The molecule has 0 saturated carbocycles. The molecule has 0 aliphatic carbocycles. The fraction of sp³-hybridized carbons (Fsp3) is 0.200. The third kappa shape index (κ3) is 5.70. The number of hydrogen-bond acceptors (Lipinski definition) is 4. The van der Waals surface area contributed by atoms with Crippen LogP contribution in [0.1, 0.15) is 12.0 Å². The van der Waals surface area contributed by atoms with E-state index in [0.717, 1.165) is 23.3 Å². The zero-order chi connectivity index (χ0) is 28.7. The summed E-state index contributed by atoms with van der Waals surface area (Å²) in [5, 5.41) is 4.26. The van der Waals surface area contributed by atoms with Crippen LogP contribution in [0.25, 0.3) is 11.1 Å². The van der Waals surface area contributed by atoms with Gasteiger partial charge in [0.25, 0.3) is 0 Å². The third-order valence-corrected chi connectivity index (χ3v) is 7.20. The average Bonchev–Trinajstić information content (AvgIpc) is 3.20. The molecular formula is C25H20F6N4O3S. The van der Waals surface area contributed by atoms with Gasteiger partial charge in [-0.1, -0.05) is 18.2 Å². The third-order valence-electron chi connectivity index (χ3n) is 6.01. The molecular weight excluding hydrogens is 550 g/mol. The van der Waals surface area contributed by atoms with Crippen LogP contribution in [-0.2, 0) is 20.7 Å². The van der Waals surface area contributed by atoms with Gasteiger partial charge >= 0.3 is 12.2 Å². The van der Waals surface area contributed by atoms with Crippen LogP contribution in [0.5, 0.6) is 0 Å². The van der Waals surface area contributed by atoms with Crippen molar-refractivity contribution in [3.63, 3.8) is 0 Å². The van der Waals surface area contributed by atoms with E-state index >= 15 is 8.78 Å². The summed E-state index contributed by atoms with van der Waals surface area (Å²) in [6.07, 6.45) is -3.66. The van der Waals surface area contributed by atoms with E-state index < -0.39 is 68.3 Å². The molecule has 14 heteroatoms. The molecule has 1 saturated heterocycles. The zero-order valence-corrected chi connectivity index (χ0v) is 20.9. The molecule has 0 aromatic heterocycles. The number of nitrogens with one attached hydrogen (secondary N) is 3. The summed E-state index contributed by atoms with van der Waals surface area (Å²) in [6, 6.07) is 7.32. The molecule has 7 nitrogen and oxygen atoms in total. The summed E-state index contributed by atoms with van der Waals surface area (Å²) < 4.78 is 103. The largest absolute Gasteiger partial charge is 0.416 e. The number of anilines is 2. The first-order valence-corrected chi connectivity index (χ1v) is 13.2. The molecule has 1 heterocycles. The second kappa shape index (κ2) is 10.2. The number of halogens is 6. The Balaban J connectivity index is 1.50. The van der Waals surface area contributed by atoms with Crippen molar-refractivity contribution in [2.75, 3.05) is 23.0 Å². The summed E-state index contributed by atoms with van der Waals surface area (Å²) in [5.74, 6) is -4.85. The lowest BCUT2D eigenvalue weighted by Gasteiger charge is -2.20. The van der Waals surface area contributed by atoms with Gasteiger partial charge in [-0.3, -0.25) is 4.79 Å². The van der Waals surface area contributed by atoms with Crippen LogP contribution >= 0.6 is 0 Å². The van der Waals surface area contributed by atoms with Gasteiger partial charge in [0.2, 0.25) is 5.91 Å². The van der Waals surface area contributed by atoms with Gasteiger partial charge in [-0.05, 0) is 42.8 Å². The summed E-state index contributed by atoms with van der Waals surface area (Å²) in [5.41, 5.74) is -2.43. The van der Waals surface area contributed by atoms with Crippen LogP contribution < -0.4 is 15.5 Å². The van der Waals surface area contributed by atoms with Gasteiger partial charge < -0.3 is 15.5 Å². The number of alkyl halides is 3. The van der Waals surface area contributed by atoms with Crippen molar-refractivity contribution in [1.29, 1.82) is 4.78 Å². The Morgan fingerprint density at radius 1 is 1.03 bits per heavy atom. The Kier molecular flexibility index (Phi) is 7.34. The van der Waals surface area contributed by atoms with E-state index in [2.05, 4.69) is 5.32 Å². The van der Waals surface area contributed by atoms with Gasteiger partial charge in [-0.25, -0.2) is 27.0 Å². The quantitative estimate of drug-likeness (QED) is 0.341. The minimum Gasteiger partial charge on any atom is -0.326 e. The maximum absolute atomic E-state index is 15.1. The number of rotatable bonds is 5. The van der Waals surface area contributed by atoms with Crippen LogP contribution in [0.3, 0.4) is 0 Å². The van der Waals surface area contributed by atoms with Crippen molar-refractivity contribution in [2.45, 2.75) is 23.5 Å². The molecule has 3 N–H and O–H groups in total. The molecule has 0 spiro atoms. The fourth-order valence-corrected chi connectivity index (χ4v) is 5.08. The monoisotopic (exact) mass is 570 g/mol. The molecule has 2 unspecified atom stereocenters. The summed E-state index contributed by atoms with van der Waals surface area (Å²) in [7, 11) is -3.27. The Labute approximate surface area is 218 Å². The molecule has 1 aliphatic rings. The molecule has 0 bridgehead atoms. The van der Waals surface area contributed by atoms with Gasteiger partial charge in [0.05, 0.1) is 31.6 Å². The van der Waals surface area contributed by atoms with Crippen LogP contribution in [0, 0.1) is 22.2 Å². The van der Waals surface area contributed by atoms with Gasteiger partial charge in [0, 0.05) is 23.9 Å². The second-order valence-corrected chi connectivity index (χ2v) is 10.8. The Morgan fingerprint density at radius 2 is 1.72 bits per heavy atom.